The van der Waals surface area contributed by atoms with Gasteiger partial charge in [0, 0.05) is 0 Å². The number of halogens is 1. The third-order valence-corrected chi connectivity index (χ3v) is 3.14. The molecule has 0 N–H and O–H groups in total. The van der Waals surface area contributed by atoms with Crippen LogP contribution in [0.2, 0.25) is 0 Å². The zero-order valence-electron chi connectivity index (χ0n) is 10.5. The molecule has 0 radical (unpaired) electrons. The molecule has 3 rings (SSSR count). The van der Waals surface area contributed by atoms with E-state index >= 15 is 0 Å². The zero-order chi connectivity index (χ0) is 14.1. The predicted octanol–water partition coefficient (Wildman–Crippen LogP) is 4.10. The van der Waals surface area contributed by atoms with Gasteiger partial charge >= 0.3 is 5.97 Å². The molecular weight excluding hydrogens is 326 g/mol. The lowest BCUT2D eigenvalue weighted by molar-refractivity contribution is 0.0245. The lowest BCUT2D eigenvalue weighted by Crippen LogP contribution is -2.08. The fraction of sp³-hybridized carbons (Fsp3) is 0.143. The van der Waals surface area contributed by atoms with Gasteiger partial charge in [0.15, 0.2) is 16.4 Å². The van der Waals surface area contributed by atoms with Gasteiger partial charge in [-0.15, -0.1) is 0 Å². The first kappa shape index (κ1) is 12.9. The van der Waals surface area contributed by atoms with Crippen LogP contribution in [0.25, 0.3) is 11.1 Å². The molecule has 5 nitrogen and oxygen atoms in total. The number of para-hydroxylation sites is 2. The van der Waals surface area contributed by atoms with Crippen LogP contribution in [-0.2, 0) is 4.74 Å². The van der Waals surface area contributed by atoms with Crippen molar-refractivity contribution in [1.82, 2.24) is 4.98 Å². The van der Waals surface area contributed by atoms with Crippen molar-refractivity contribution in [2.45, 2.75) is 13.0 Å². The molecule has 0 aliphatic carbocycles. The van der Waals surface area contributed by atoms with Crippen LogP contribution >= 0.6 is 15.9 Å². The van der Waals surface area contributed by atoms with Gasteiger partial charge in [0.25, 0.3) is 0 Å². The highest BCUT2D eigenvalue weighted by molar-refractivity contribution is 9.10. The number of carbonyl (C=O) groups excluding carboxylic acids is 1. The Morgan fingerprint density at radius 1 is 1.25 bits per heavy atom. The fourth-order valence-corrected chi connectivity index (χ4v) is 2.06. The van der Waals surface area contributed by atoms with Gasteiger partial charge in [-0.05, 0) is 47.1 Å². The smallest absolute Gasteiger partial charge is 0.375 e. The van der Waals surface area contributed by atoms with Crippen molar-refractivity contribution >= 4 is 33.0 Å². The van der Waals surface area contributed by atoms with Crippen LogP contribution in [0, 0.1) is 0 Å². The van der Waals surface area contributed by atoms with Crippen molar-refractivity contribution in [2.24, 2.45) is 0 Å². The van der Waals surface area contributed by atoms with E-state index in [2.05, 4.69) is 20.9 Å². The minimum atomic E-state index is -0.598. The number of hydrogen-bond acceptors (Lipinski definition) is 5. The first-order valence-corrected chi connectivity index (χ1v) is 6.74. The normalized spacial score (nSPS) is 12.5. The molecule has 0 aliphatic heterocycles. The molecule has 2 heterocycles. The lowest BCUT2D eigenvalue weighted by atomic mass is 10.3. The minimum absolute atomic E-state index is 0.125. The van der Waals surface area contributed by atoms with Crippen LogP contribution in [-0.4, -0.2) is 11.0 Å². The van der Waals surface area contributed by atoms with Crippen molar-refractivity contribution < 1.29 is 18.4 Å². The summed E-state index contributed by atoms with van der Waals surface area (Å²) < 4.78 is 16.4. The monoisotopic (exact) mass is 335 g/mol. The van der Waals surface area contributed by atoms with Crippen LogP contribution in [0.3, 0.4) is 0 Å². The van der Waals surface area contributed by atoms with Gasteiger partial charge in [0.1, 0.15) is 5.52 Å². The Morgan fingerprint density at radius 2 is 2.05 bits per heavy atom. The maximum atomic E-state index is 11.9. The average molecular weight is 336 g/mol. The average Bonchev–Trinajstić information content (AvgIpc) is 3.04. The Labute approximate surface area is 122 Å². The number of esters is 1. The summed E-state index contributed by atoms with van der Waals surface area (Å²) in [5, 5.41) is 0. The molecule has 1 unspecified atom stereocenters. The van der Waals surface area contributed by atoms with E-state index < -0.39 is 12.1 Å². The van der Waals surface area contributed by atoms with Crippen LogP contribution in [0.4, 0.5) is 0 Å². The van der Waals surface area contributed by atoms with Gasteiger partial charge in [-0.3, -0.25) is 0 Å². The van der Waals surface area contributed by atoms with E-state index in [0.29, 0.717) is 16.1 Å². The summed E-state index contributed by atoms with van der Waals surface area (Å²) in [5.74, 6) is -0.0875. The molecule has 1 aromatic carbocycles. The summed E-state index contributed by atoms with van der Waals surface area (Å²) in [6.45, 7) is 1.70. The van der Waals surface area contributed by atoms with Crippen LogP contribution in [0.15, 0.2) is 49.9 Å². The highest BCUT2D eigenvalue weighted by Gasteiger charge is 2.20. The van der Waals surface area contributed by atoms with Gasteiger partial charge in [0.2, 0.25) is 11.7 Å². The van der Waals surface area contributed by atoms with Crippen molar-refractivity contribution in [3.8, 4) is 0 Å². The molecule has 0 aliphatic rings. The number of benzene rings is 1. The molecule has 1 atom stereocenters. The van der Waals surface area contributed by atoms with Crippen molar-refractivity contribution in [2.75, 3.05) is 0 Å². The number of rotatable bonds is 3. The summed E-state index contributed by atoms with van der Waals surface area (Å²) in [7, 11) is 0. The second kappa shape index (κ2) is 5.13. The van der Waals surface area contributed by atoms with Crippen molar-refractivity contribution in [1.29, 1.82) is 0 Å². The molecule has 2 aromatic heterocycles. The largest absolute Gasteiger partial charge is 0.447 e. The molecule has 102 valence electrons. The molecule has 20 heavy (non-hydrogen) atoms. The second-order valence-corrected chi connectivity index (χ2v) is 4.95. The Balaban J connectivity index is 1.78. The molecule has 0 spiro atoms. The fourth-order valence-electron chi connectivity index (χ4n) is 1.76. The van der Waals surface area contributed by atoms with Crippen LogP contribution in [0.1, 0.15) is 29.5 Å². The van der Waals surface area contributed by atoms with Crippen LogP contribution in [0.5, 0.6) is 0 Å². The second-order valence-electron chi connectivity index (χ2n) is 4.17. The SMILES string of the molecule is CC(OC(=O)c1ccc(Br)o1)c1nc2ccccc2o1. The van der Waals surface area contributed by atoms with Crippen molar-refractivity contribution in [3.63, 3.8) is 0 Å². The van der Waals surface area contributed by atoms with Gasteiger partial charge in [-0.25, -0.2) is 9.78 Å². The Bertz CT molecular complexity index is 728. The van der Waals surface area contributed by atoms with Gasteiger partial charge in [0.05, 0.1) is 0 Å². The summed E-state index contributed by atoms with van der Waals surface area (Å²) >= 11 is 3.13. The highest BCUT2D eigenvalue weighted by atomic mass is 79.9. The van der Waals surface area contributed by atoms with Crippen molar-refractivity contribution in [3.05, 3.63) is 52.7 Å². The molecule has 3 aromatic rings. The predicted molar refractivity (Wildman–Crippen MR) is 74.2 cm³/mol. The Hall–Kier alpha value is -2.08. The van der Waals surface area contributed by atoms with E-state index in [4.69, 9.17) is 13.6 Å². The van der Waals surface area contributed by atoms with E-state index in [9.17, 15) is 4.79 Å². The molecule has 6 heteroatoms. The quantitative estimate of drug-likeness (QED) is 0.674. The number of ether oxygens (including phenoxy) is 1. The summed E-state index contributed by atoms with van der Waals surface area (Å²) in [4.78, 5) is 16.1. The van der Waals surface area contributed by atoms with Crippen LogP contribution < -0.4 is 0 Å². The number of hydrogen-bond donors (Lipinski definition) is 0. The maximum Gasteiger partial charge on any atom is 0.375 e. The Morgan fingerprint density at radius 3 is 2.75 bits per heavy atom. The molecule has 0 amide bonds. The molecule has 0 saturated heterocycles. The molecule has 0 fully saturated rings. The minimum Gasteiger partial charge on any atom is -0.447 e. The third-order valence-electron chi connectivity index (χ3n) is 2.72. The number of oxazole rings is 1. The van der Waals surface area contributed by atoms with Gasteiger partial charge < -0.3 is 13.6 Å². The molecule has 0 bridgehead atoms. The summed E-state index contributed by atoms with van der Waals surface area (Å²) in [5.41, 5.74) is 1.39. The van der Waals surface area contributed by atoms with E-state index in [1.165, 1.54) is 6.07 Å². The molecular formula is C14H10BrNO4. The highest BCUT2D eigenvalue weighted by Crippen LogP contribution is 2.23. The maximum absolute atomic E-state index is 11.9. The topological polar surface area (TPSA) is 65.5 Å². The third kappa shape index (κ3) is 2.46. The standard InChI is InChI=1S/C14H10BrNO4/c1-8(18-14(17)11-6-7-12(15)19-11)13-16-9-4-2-3-5-10(9)20-13/h2-8H,1H3. The lowest BCUT2D eigenvalue weighted by Gasteiger charge is -2.07. The van der Waals surface area contributed by atoms with E-state index in [1.807, 2.05) is 24.3 Å². The number of carbonyl (C=O) groups is 1. The zero-order valence-corrected chi connectivity index (χ0v) is 12.1. The number of nitrogens with zero attached hydrogens (tertiary/aromatic N) is 1. The van der Waals surface area contributed by atoms with E-state index in [-0.39, 0.29) is 5.76 Å². The number of fused-ring (bicyclic) bond motifs is 1. The number of aromatic nitrogens is 1. The van der Waals surface area contributed by atoms with Gasteiger partial charge in [-0.2, -0.15) is 0 Å². The first-order chi connectivity index (χ1) is 9.63. The van der Waals surface area contributed by atoms with E-state index in [0.717, 1.165) is 5.52 Å². The van der Waals surface area contributed by atoms with E-state index in [1.54, 1.807) is 13.0 Å². The Kier molecular flexibility index (Phi) is 3.31. The van der Waals surface area contributed by atoms with Gasteiger partial charge in [-0.1, -0.05) is 12.1 Å². The first-order valence-electron chi connectivity index (χ1n) is 5.95. The summed E-state index contributed by atoms with van der Waals surface area (Å²) in [6, 6.07) is 10.5. The number of furan rings is 1. The molecule has 0 saturated carbocycles. The summed E-state index contributed by atoms with van der Waals surface area (Å²) in [6.07, 6.45) is -0.598.